The van der Waals surface area contributed by atoms with Crippen LogP contribution in [0.2, 0.25) is 0 Å². The summed E-state index contributed by atoms with van der Waals surface area (Å²) in [5, 5.41) is 0. The van der Waals surface area contributed by atoms with E-state index in [4.69, 9.17) is 0 Å². The van der Waals surface area contributed by atoms with Crippen LogP contribution in [-0.2, 0) is 25.2 Å². The number of aryl methyl sites for hydroxylation is 2. The van der Waals surface area contributed by atoms with Crippen LogP contribution in [0.3, 0.4) is 0 Å². The number of hydrogen-bond acceptors (Lipinski definition) is 0. The summed E-state index contributed by atoms with van der Waals surface area (Å²) in [5.74, 6) is 0. The number of benzene rings is 1. The topological polar surface area (TPSA) is 0 Å². The monoisotopic (exact) mass is 338 g/mol. The average molecular weight is 338 g/mol. The molecule has 0 N–H and O–H groups in total. The van der Waals surface area contributed by atoms with Gasteiger partial charge in [-0.2, -0.15) is 26.3 Å². The molecule has 0 aromatic heterocycles. The summed E-state index contributed by atoms with van der Waals surface area (Å²) in [6.45, 7) is 5.15. The van der Waals surface area contributed by atoms with Crippen LogP contribution in [0.1, 0.15) is 54.9 Å². The molecule has 0 atom stereocenters. The lowest BCUT2D eigenvalue weighted by Crippen LogP contribution is -2.21. The molecule has 6 heteroatoms. The smallest absolute Gasteiger partial charge is 0.166 e. The van der Waals surface area contributed by atoms with Gasteiger partial charge in [-0.3, -0.25) is 0 Å². The third-order valence-electron chi connectivity index (χ3n) is 3.57. The van der Waals surface area contributed by atoms with Crippen LogP contribution in [0.25, 0.3) is 0 Å². The van der Waals surface area contributed by atoms with Crippen molar-refractivity contribution in [2.45, 2.75) is 57.8 Å². The Balaban J connectivity index is 3.39. The van der Waals surface area contributed by atoms with E-state index in [0.717, 1.165) is 0 Å². The second-order valence-electron chi connectivity index (χ2n) is 5.41. The van der Waals surface area contributed by atoms with Crippen LogP contribution < -0.4 is 0 Å². The second-order valence-corrected chi connectivity index (χ2v) is 5.41. The van der Waals surface area contributed by atoms with Gasteiger partial charge in [0.2, 0.25) is 0 Å². The average Bonchev–Trinajstić information content (AvgIpc) is 2.42. The van der Waals surface area contributed by atoms with E-state index >= 15 is 0 Å². The minimum absolute atomic E-state index is 0.0296. The zero-order valence-corrected chi connectivity index (χ0v) is 12.9. The van der Waals surface area contributed by atoms with Gasteiger partial charge < -0.3 is 0 Å². The first-order chi connectivity index (χ1) is 10.6. The second kappa shape index (κ2) is 7.88. The van der Waals surface area contributed by atoms with Gasteiger partial charge in [0.15, 0.2) is 0 Å². The molecule has 0 bridgehead atoms. The zero-order chi connectivity index (χ0) is 17.7. The zero-order valence-electron chi connectivity index (χ0n) is 12.9. The molecule has 0 aliphatic rings. The largest absolute Gasteiger partial charge is 0.417 e. The van der Waals surface area contributed by atoms with E-state index < -0.39 is 23.5 Å². The lowest BCUT2D eigenvalue weighted by molar-refractivity contribution is -0.163. The molecule has 0 fully saturated rings. The number of alkyl halides is 6. The number of rotatable bonds is 7. The van der Waals surface area contributed by atoms with Crippen molar-refractivity contribution in [1.29, 1.82) is 0 Å². The van der Waals surface area contributed by atoms with E-state index in [-0.39, 0.29) is 24.0 Å². The van der Waals surface area contributed by atoms with Gasteiger partial charge in [-0.05, 0) is 43.2 Å². The Labute approximate surface area is 132 Å². The lowest BCUT2D eigenvalue weighted by Gasteiger charge is -2.22. The molecule has 1 rings (SSSR count). The molecular formula is C17H20F6. The molecule has 1 aromatic rings. The third kappa shape index (κ3) is 5.29. The summed E-state index contributed by atoms with van der Waals surface area (Å²) in [7, 11) is 0. The first kappa shape index (κ1) is 19.6. The molecular weight excluding hydrogens is 318 g/mol. The SMILES string of the molecule is C=CCCCCc1ccc(CCC)c(C(F)(F)F)c1C(F)(F)F. The van der Waals surface area contributed by atoms with E-state index in [1.807, 2.05) is 0 Å². The predicted octanol–water partition coefficient (Wildman–Crippen LogP) is 6.58. The lowest BCUT2D eigenvalue weighted by atomic mass is 9.90. The molecule has 0 aliphatic carbocycles. The van der Waals surface area contributed by atoms with E-state index in [0.29, 0.717) is 25.7 Å². The van der Waals surface area contributed by atoms with Crippen LogP contribution >= 0.6 is 0 Å². The summed E-state index contributed by atoms with van der Waals surface area (Å²) >= 11 is 0. The first-order valence-corrected chi connectivity index (χ1v) is 7.53. The van der Waals surface area contributed by atoms with Gasteiger partial charge in [-0.1, -0.05) is 31.6 Å². The fraction of sp³-hybridized carbons (Fsp3) is 0.529. The summed E-state index contributed by atoms with van der Waals surface area (Å²) in [6.07, 6.45) is -6.52. The molecule has 0 spiro atoms. The highest BCUT2D eigenvalue weighted by atomic mass is 19.4. The first-order valence-electron chi connectivity index (χ1n) is 7.53. The normalized spacial score (nSPS) is 12.5. The van der Waals surface area contributed by atoms with Crippen molar-refractivity contribution in [2.75, 3.05) is 0 Å². The van der Waals surface area contributed by atoms with E-state index in [9.17, 15) is 26.3 Å². The molecule has 0 aliphatic heterocycles. The number of halogens is 6. The van der Waals surface area contributed by atoms with Crippen LogP contribution in [0.5, 0.6) is 0 Å². The fourth-order valence-corrected chi connectivity index (χ4v) is 2.63. The van der Waals surface area contributed by atoms with Crippen LogP contribution in [-0.4, -0.2) is 0 Å². The Morgan fingerprint density at radius 2 is 1.35 bits per heavy atom. The maximum atomic E-state index is 13.3. The molecule has 0 amide bonds. The predicted molar refractivity (Wildman–Crippen MR) is 78.2 cm³/mol. The molecule has 0 saturated heterocycles. The third-order valence-corrected chi connectivity index (χ3v) is 3.57. The summed E-state index contributed by atoms with van der Waals surface area (Å²) in [4.78, 5) is 0. The van der Waals surface area contributed by atoms with Crippen molar-refractivity contribution in [3.05, 3.63) is 47.0 Å². The highest BCUT2D eigenvalue weighted by molar-refractivity contribution is 5.45. The highest BCUT2D eigenvalue weighted by Crippen LogP contribution is 2.44. The van der Waals surface area contributed by atoms with Gasteiger partial charge >= 0.3 is 12.4 Å². The Morgan fingerprint density at radius 1 is 0.870 bits per heavy atom. The molecule has 0 saturated carbocycles. The minimum atomic E-state index is -5.03. The molecule has 130 valence electrons. The molecule has 0 radical (unpaired) electrons. The van der Waals surface area contributed by atoms with Crippen LogP contribution in [0.4, 0.5) is 26.3 Å². The van der Waals surface area contributed by atoms with Crippen molar-refractivity contribution < 1.29 is 26.3 Å². The van der Waals surface area contributed by atoms with Gasteiger partial charge in [-0.15, -0.1) is 6.58 Å². The van der Waals surface area contributed by atoms with Gasteiger partial charge in [0, 0.05) is 0 Å². The summed E-state index contributed by atoms with van der Waals surface area (Å²) in [5.41, 5.74) is -3.61. The molecule has 0 heterocycles. The van der Waals surface area contributed by atoms with Gasteiger partial charge in [0.1, 0.15) is 0 Å². The maximum absolute atomic E-state index is 13.3. The molecule has 1 aromatic carbocycles. The molecule has 23 heavy (non-hydrogen) atoms. The highest BCUT2D eigenvalue weighted by Gasteiger charge is 2.46. The van der Waals surface area contributed by atoms with Crippen LogP contribution in [0, 0.1) is 0 Å². The molecule has 0 unspecified atom stereocenters. The van der Waals surface area contributed by atoms with Gasteiger partial charge in [0.05, 0.1) is 11.1 Å². The van der Waals surface area contributed by atoms with Crippen molar-refractivity contribution in [1.82, 2.24) is 0 Å². The van der Waals surface area contributed by atoms with Crippen molar-refractivity contribution >= 4 is 0 Å². The standard InChI is InChI=1S/C17H20F6/c1-3-5-6-7-9-13-11-10-12(8-4-2)14(16(18,19)20)15(13)17(21,22)23/h3,10-11H,1,4-9H2,2H3. The van der Waals surface area contributed by atoms with E-state index in [1.165, 1.54) is 12.1 Å². The summed E-state index contributed by atoms with van der Waals surface area (Å²) < 4.78 is 79.8. The van der Waals surface area contributed by atoms with Crippen LogP contribution in [0.15, 0.2) is 24.8 Å². The Kier molecular flexibility index (Phi) is 6.71. The number of unbranched alkanes of at least 4 members (excludes halogenated alkanes) is 2. The quantitative estimate of drug-likeness (QED) is 0.299. The van der Waals surface area contributed by atoms with Crippen molar-refractivity contribution in [2.24, 2.45) is 0 Å². The Morgan fingerprint density at radius 3 is 1.74 bits per heavy atom. The Bertz CT molecular complexity index is 525. The summed E-state index contributed by atoms with van der Waals surface area (Å²) in [6, 6.07) is 2.38. The van der Waals surface area contributed by atoms with Crippen molar-refractivity contribution in [3.8, 4) is 0 Å². The minimum Gasteiger partial charge on any atom is -0.166 e. The van der Waals surface area contributed by atoms with Gasteiger partial charge in [0.25, 0.3) is 0 Å². The van der Waals surface area contributed by atoms with Gasteiger partial charge in [-0.25, -0.2) is 0 Å². The Hall–Kier alpha value is -1.46. The maximum Gasteiger partial charge on any atom is 0.417 e. The number of hydrogen-bond donors (Lipinski definition) is 0. The number of allylic oxidation sites excluding steroid dienone is 1. The van der Waals surface area contributed by atoms with E-state index in [2.05, 4.69) is 6.58 Å². The van der Waals surface area contributed by atoms with E-state index in [1.54, 1.807) is 13.0 Å². The molecule has 0 nitrogen and oxygen atoms in total. The fourth-order valence-electron chi connectivity index (χ4n) is 2.63. The van der Waals surface area contributed by atoms with Crippen molar-refractivity contribution in [3.63, 3.8) is 0 Å².